The second-order valence-corrected chi connectivity index (χ2v) is 2.78. The zero-order chi connectivity index (χ0) is 7.28. The van der Waals surface area contributed by atoms with Gasteiger partial charge in [-0.2, -0.15) is 0 Å². The van der Waals surface area contributed by atoms with Gasteiger partial charge in [-0.15, -0.1) is 0 Å². The summed E-state index contributed by atoms with van der Waals surface area (Å²) in [6.07, 6.45) is 0.975. The van der Waals surface area contributed by atoms with Crippen LogP contribution in [-0.4, -0.2) is 11.5 Å². The molecule has 0 aliphatic rings. The highest BCUT2D eigenvalue weighted by atomic mass is 31.1. The van der Waals surface area contributed by atoms with E-state index in [1.54, 1.807) is 0 Å². The zero-order valence-corrected chi connectivity index (χ0v) is 6.60. The number of hydrogen-bond donors (Lipinski definition) is 1. The Labute approximate surface area is 56.0 Å². The lowest BCUT2D eigenvalue weighted by molar-refractivity contribution is 0.237. The lowest BCUT2D eigenvalue weighted by atomic mass is 10.1. The van der Waals surface area contributed by atoms with Crippen LogP contribution in [0.3, 0.4) is 0 Å². The first-order chi connectivity index (χ1) is 4.16. The first kappa shape index (κ1) is 9.02. The molecular formula is C5H12O3P. The summed E-state index contributed by atoms with van der Waals surface area (Å²) >= 11 is 0. The van der Waals surface area contributed by atoms with Crippen LogP contribution in [0.25, 0.3) is 0 Å². The summed E-state index contributed by atoms with van der Waals surface area (Å²) in [7, 11) is -2.39. The minimum atomic E-state index is -2.39. The lowest BCUT2D eigenvalue weighted by Gasteiger charge is -2.04. The van der Waals surface area contributed by atoms with Crippen molar-refractivity contribution in [1.82, 2.24) is 0 Å². The van der Waals surface area contributed by atoms with Crippen LogP contribution in [-0.2, 0) is 9.09 Å². The quantitative estimate of drug-likeness (QED) is 0.622. The van der Waals surface area contributed by atoms with Gasteiger partial charge in [0.2, 0.25) is 0 Å². The maximum absolute atomic E-state index is 9.95. The van der Waals surface area contributed by atoms with Crippen LogP contribution in [0.4, 0.5) is 0 Å². The van der Waals surface area contributed by atoms with Crippen LogP contribution >= 0.6 is 8.25 Å². The molecule has 0 aliphatic heterocycles. The van der Waals surface area contributed by atoms with Gasteiger partial charge in [-0.25, -0.2) is 4.57 Å². The second kappa shape index (κ2) is 4.86. The summed E-state index contributed by atoms with van der Waals surface area (Å²) < 4.78 is 14.4. The first-order valence-electron chi connectivity index (χ1n) is 2.95. The van der Waals surface area contributed by atoms with Gasteiger partial charge in [-0.1, -0.05) is 20.3 Å². The molecule has 0 saturated heterocycles. The van der Waals surface area contributed by atoms with Crippen LogP contribution in [0.2, 0.25) is 0 Å². The van der Waals surface area contributed by atoms with Crippen molar-refractivity contribution in [1.29, 1.82) is 0 Å². The smallest absolute Gasteiger partial charge is 0.298 e. The van der Waals surface area contributed by atoms with Crippen molar-refractivity contribution in [3.63, 3.8) is 0 Å². The van der Waals surface area contributed by atoms with Gasteiger partial charge in [0, 0.05) is 0 Å². The fraction of sp³-hybridized carbons (Fsp3) is 1.00. The summed E-state index contributed by atoms with van der Waals surface area (Å²) in [5.74, 6) is 0.371. The molecule has 1 N–H and O–H groups in total. The van der Waals surface area contributed by atoms with Gasteiger partial charge < -0.3 is 0 Å². The lowest BCUT2D eigenvalue weighted by Crippen LogP contribution is -1.99. The molecule has 0 heterocycles. The largest absolute Gasteiger partial charge is 0.366 e. The van der Waals surface area contributed by atoms with Crippen molar-refractivity contribution < 1.29 is 14.0 Å². The van der Waals surface area contributed by atoms with Gasteiger partial charge in [0.1, 0.15) is 0 Å². The van der Waals surface area contributed by atoms with Gasteiger partial charge in [0.15, 0.2) is 0 Å². The molecular weight excluding hydrogens is 139 g/mol. The van der Waals surface area contributed by atoms with Crippen LogP contribution < -0.4 is 0 Å². The third-order valence-corrected chi connectivity index (χ3v) is 1.54. The van der Waals surface area contributed by atoms with E-state index in [0.29, 0.717) is 12.5 Å². The Kier molecular flexibility index (Phi) is 4.87. The molecule has 0 saturated carbocycles. The van der Waals surface area contributed by atoms with Gasteiger partial charge in [0.05, 0.1) is 6.61 Å². The summed E-state index contributed by atoms with van der Waals surface area (Å²) in [5, 5.41) is 0. The fourth-order valence-corrected chi connectivity index (χ4v) is 0.691. The minimum absolute atomic E-state index is 0.371. The molecule has 0 bridgehead atoms. The van der Waals surface area contributed by atoms with Crippen LogP contribution in [0.15, 0.2) is 0 Å². The van der Waals surface area contributed by atoms with Crippen LogP contribution in [0, 0.1) is 5.92 Å². The molecule has 0 aromatic heterocycles. The maximum atomic E-state index is 9.95. The molecule has 0 fully saturated rings. The number of rotatable bonds is 4. The topological polar surface area (TPSA) is 46.5 Å². The van der Waals surface area contributed by atoms with E-state index < -0.39 is 8.25 Å². The van der Waals surface area contributed by atoms with E-state index in [-0.39, 0.29) is 0 Å². The minimum Gasteiger partial charge on any atom is -0.298 e. The van der Waals surface area contributed by atoms with E-state index in [2.05, 4.69) is 4.52 Å². The molecule has 2 unspecified atom stereocenters. The highest BCUT2D eigenvalue weighted by molar-refractivity contribution is 7.32. The maximum Gasteiger partial charge on any atom is 0.366 e. The number of hydrogen-bond acceptors (Lipinski definition) is 2. The average Bonchev–Trinajstić information content (AvgIpc) is 1.83. The predicted octanol–water partition coefficient (Wildman–Crippen LogP) is 1.70. The van der Waals surface area contributed by atoms with E-state index in [0.717, 1.165) is 6.42 Å². The van der Waals surface area contributed by atoms with E-state index in [1.807, 2.05) is 13.8 Å². The van der Waals surface area contributed by atoms with Crippen molar-refractivity contribution >= 4 is 8.25 Å². The summed E-state index contributed by atoms with van der Waals surface area (Å²) in [5.41, 5.74) is 0. The standard InChI is InChI=1S/C5H12O3P/c1-3-5(2)4-8-9(6)7/h5H,3-4H2,1-2H3,(H,6,7). The Bertz CT molecular complexity index is 94.2. The molecule has 0 amide bonds. The van der Waals surface area contributed by atoms with E-state index >= 15 is 0 Å². The van der Waals surface area contributed by atoms with Gasteiger partial charge in [-0.3, -0.25) is 9.42 Å². The Morgan fingerprint density at radius 2 is 2.33 bits per heavy atom. The molecule has 4 heteroatoms. The SMILES string of the molecule is CCC(C)CO[P](=O)O. The van der Waals surface area contributed by atoms with Crippen LogP contribution in [0.5, 0.6) is 0 Å². The summed E-state index contributed by atoms with van der Waals surface area (Å²) in [6, 6.07) is 0. The molecule has 0 aromatic carbocycles. The highest BCUT2D eigenvalue weighted by Gasteiger charge is 2.00. The average molecular weight is 151 g/mol. The molecule has 0 rings (SSSR count). The van der Waals surface area contributed by atoms with Crippen molar-refractivity contribution in [3.8, 4) is 0 Å². The molecule has 9 heavy (non-hydrogen) atoms. The molecule has 0 aliphatic carbocycles. The van der Waals surface area contributed by atoms with Crippen molar-refractivity contribution in [2.75, 3.05) is 6.61 Å². The predicted molar refractivity (Wildman–Crippen MR) is 35.2 cm³/mol. The third-order valence-electron chi connectivity index (χ3n) is 1.17. The summed E-state index contributed by atoms with van der Waals surface area (Å²) in [4.78, 5) is 8.18. The van der Waals surface area contributed by atoms with E-state index in [4.69, 9.17) is 4.89 Å². The Morgan fingerprint density at radius 3 is 2.67 bits per heavy atom. The molecule has 0 spiro atoms. The zero-order valence-electron chi connectivity index (χ0n) is 5.70. The normalized spacial score (nSPS) is 15.2. The van der Waals surface area contributed by atoms with E-state index in [9.17, 15) is 4.57 Å². The van der Waals surface area contributed by atoms with Crippen molar-refractivity contribution in [2.45, 2.75) is 20.3 Å². The second-order valence-electron chi connectivity index (χ2n) is 2.05. The van der Waals surface area contributed by atoms with Crippen LogP contribution in [0.1, 0.15) is 20.3 Å². The third kappa shape index (κ3) is 5.90. The Morgan fingerprint density at radius 1 is 1.78 bits per heavy atom. The van der Waals surface area contributed by atoms with Gasteiger partial charge in [-0.05, 0) is 5.92 Å². The summed E-state index contributed by atoms with van der Waals surface area (Å²) in [6.45, 7) is 4.36. The molecule has 55 valence electrons. The van der Waals surface area contributed by atoms with Gasteiger partial charge in [0.25, 0.3) is 0 Å². The van der Waals surface area contributed by atoms with Crippen molar-refractivity contribution in [2.24, 2.45) is 5.92 Å². The highest BCUT2D eigenvalue weighted by Crippen LogP contribution is 2.16. The fourth-order valence-electron chi connectivity index (χ4n) is 0.309. The van der Waals surface area contributed by atoms with Gasteiger partial charge >= 0.3 is 8.25 Å². The van der Waals surface area contributed by atoms with E-state index in [1.165, 1.54) is 0 Å². The van der Waals surface area contributed by atoms with Crippen molar-refractivity contribution in [3.05, 3.63) is 0 Å². The Balaban J connectivity index is 3.16. The molecule has 2 atom stereocenters. The molecule has 1 radical (unpaired) electrons. The molecule has 3 nitrogen and oxygen atoms in total. The molecule has 0 aromatic rings. The Hall–Kier alpha value is 0.0200. The monoisotopic (exact) mass is 151 g/mol. The first-order valence-corrected chi connectivity index (χ1v) is 4.09.